The number of fused-ring (bicyclic) bond motifs is 1. The Bertz CT molecular complexity index is 744. The number of hydrogen-bond donors (Lipinski definition) is 1. The number of aromatic nitrogens is 2. The van der Waals surface area contributed by atoms with Gasteiger partial charge in [0.25, 0.3) is 5.92 Å². The molecule has 0 aromatic carbocycles. The Morgan fingerprint density at radius 2 is 1.96 bits per heavy atom. The molecular formula is C16H18F2N4O2. The van der Waals surface area contributed by atoms with E-state index in [1.54, 1.807) is 0 Å². The van der Waals surface area contributed by atoms with Crippen molar-refractivity contribution >= 4 is 17.7 Å². The fourth-order valence-electron chi connectivity index (χ4n) is 4.22. The summed E-state index contributed by atoms with van der Waals surface area (Å²) in [5.41, 5.74) is 0.259. The van der Waals surface area contributed by atoms with Crippen LogP contribution < -0.4 is 9.80 Å². The smallest absolute Gasteiger partial charge is 0.307 e. The Kier molecular flexibility index (Phi) is 2.60. The predicted octanol–water partition coefficient (Wildman–Crippen LogP) is 1.64. The average Bonchev–Trinajstić information content (AvgIpc) is 3.11. The zero-order valence-electron chi connectivity index (χ0n) is 13.1. The molecule has 0 amide bonds. The van der Waals surface area contributed by atoms with Crippen molar-refractivity contribution in [2.75, 3.05) is 36.0 Å². The molecule has 0 radical (unpaired) electrons. The lowest BCUT2D eigenvalue weighted by atomic mass is 9.93. The third kappa shape index (κ3) is 1.82. The van der Waals surface area contributed by atoms with Gasteiger partial charge in [-0.2, -0.15) is 13.8 Å². The second-order valence-electron chi connectivity index (χ2n) is 7.53. The van der Waals surface area contributed by atoms with E-state index in [0.717, 1.165) is 19.5 Å². The second kappa shape index (κ2) is 4.34. The highest BCUT2D eigenvalue weighted by atomic mass is 19.3. The number of anilines is 2. The van der Waals surface area contributed by atoms with E-state index in [9.17, 15) is 13.6 Å². The molecule has 5 rings (SSSR count). The molecule has 1 aromatic heterocycles. The Hall–Kier alpha value is -1.99. The maximum absolute atomic E-state index is 14.2. The molecule has 4 aliphatic rings. The van der Waals surface area contributed by atoms with E-state index in [-0.39, 0.29) is 29.9 Å². The van der Waals surface area contributed by atoms with Crippen molar-refractivity contribution in [2.24, 2.45) is 11.3 Å². The van der Waals surface area contributed by atoms with Crippen LogP contribution in [0.4, 0.5) is 20.5 Å². The number of carbonyl (C=O) groups is 1. The number of nitrogens with zero attached hydrogens (tertiary/aromatic N) is 4. The Morgan fingerprint density at radius 3 is 2.54 bits per heavy atom. The topological polar surface area (TPSA) is 69.6 Å². The van der Waals surface area contributed by atoms with Gasteiger partial charge in [-0.15, -0.1) is 0 Å². The van der Waals surface area contributed by atoms with Gasteiger partial charge in [0.15, 0.2) is 0 Å². The zero-order valence-corrected chi connectivity index (χ0v) is 13.1. The minimum absolute atomic E-state index is 0.124. The fraction of sp³-hybridized carbons (Fsp3) is 0.688. The van der Waals surface area contributed by atoms with E-state index < -0.39 is 11.9 Å². The van der Waals surface area contributed by atoms with Gasteiger partial charge < -0.3 is 14.9 Å². The van der Waals surface area contributed by atoms with Crippen molar-refractivity contribution in [3.05, 3.63) is 11.3 Å². The average molecular weight is 336 g/mol. The summed E-state index contributed by atoms with van der Waals surface area (Å²) in [6, 6.07) is 0. The third-order valence-corrected chi connectivity index (χ3v) is 5.95. The molecule has 2 aliphatic heterocycles. The predicted molar refractivity (Wildman–Crippen MR) is 81.5 cm³/mol. The first-order chi connectivity index (χ1) is 11.4. The van der Waals surface area contributed by atoms with Gasteiger partial charge in [0.1, 0.15) is 11.5 Å². The van der Waals surface area contributed by atoms with Crippen LogP contribution in [0.3, 0.4) is 0 Å². The first kappa shape index (κ1) is 14.4. The van der Waals surface area contributed by atoms with Crippen LogP contribution >= 0.6 is 0 Å². The van der Waals surface area contributed by atoms with E-state index in [1.165, 1.54) is 0 Å². The molecule has 1 unspecified atom stereocenters. The summed E-state index contributed by atoms with van der Waals surface area (Å²) in [5.74, 6) is -2.95. The highest BCUT2D eigenvalue weighted by Gasteiger charge is 2.65. The molecule has 24 heavy (non-hydrogen) atoms. The van der Waals surface area contributed by atoms with E-state index in [0.29, 0.717) is 36.8 Å². The molecule has 8 heteroatoms. The second-order valence-corrected chi connectivity index (χ2v) is 7.53. The number of aliphatic carboxylic acids is 1. The lowest BCUT2D eigenvalue weighted by Crippen LogP contribution is -2.51. The monoisotopic (exact) mass is 336 g/mol. The first-order valence-electron chi connectivity index (χ1n) is 8.42. The molecule has 2 aliphatic carbocycles. The van der Waals surface area contributed by atoms with Gasteiger partial charge >= 0.3 is 5.97 Å². The third-order valence-electron chi connectivity index (χ3n) is 5.95. The first-order valence-corrected chi connectivity index (χ1v) is 8.42. The summed E-state index contributed by atoms with van der Waals surface area (Å²) in [7, 11) is 0. The number of carboxylic acid groups (broad SMARTS) is 1. The van der Waals surface area contributed by atoms with Crippen LogP contribution in [-0.2, 0) is 17.1 Å². The molecule has 1 aromatic rings. The van der Waals surface area contributed by atoms with Gasteiger partial charge in [-0.1, -0.05) is 0 Å². The summed E-state index contributed by atoms with van der Waals surface area (Å²) in [5, 5.41) is 9.14. The van der Waals surface area contributed by atoms with Crippen molar-refractivity contribution in [2.45, 2.75) is 31.6 Å². The molecule has 1 saturated carbocycles. The van der Waals surface area contributed by atoms with Gasteiger partial charge in [0, 0.05) is 43.6 Å². The summed E-state index contributed by atoms with van der Waals surface area (Å²) in [6.45, 7) is 2.79. The van der Waals surface area contributed by atoms with Crippen molar-refractivity contribution < 1.29 is 18.7 Å². The maximum atomic E-state index is 14.2. The molecular weight excluding hydrogens is 318 g/mol. The maximum Gasteiger partial charge on any atom is 0.307 e. The minimum atomic E-state index is -2.89. The summed E-state index contributed by atoms with van der Waals surface area (Å²) in [4.78, 5) is 23.8. The van der Waals surface area contributed by atoms with Crippen LogP contribution in [0.15, 0.2) is 0 Å². The van der Waals surface area contributed by atoms with Crippen molar-refractivity contribution in [1.29, 1.82) is 0 Å². The minimum Gasteiger partial charge on any atom is -0.481 e. The summed E-state index contributed by atoms with van der Waals surface area (Å²) in [6.07, 6.45) is 1.77. The number of carboxylic acids is 1. The van der Waals surface area contributed by atoms with Crippen molar-refractivity contribution in [3.8, 4) is 0 Å². The number of alkyl halides is 2. The zero-order chi connectivity index (χ0) is 16.7. The van der Waals surface area contributed by atoms with Gasteiger partial charge in [-0.25, -0.2) is 4.98 Å². The van der Waals surface area contributed by atoms with Crippen molar-refractivity contribution in [1.82, 2.24) is 9.97 Å². The highest BCUT2D eigenvalue weighted by Crippen LogP contribution is 2.60. The van der Waals surface area contributed by atoms with Gasteiger partial charge in [0.2, 0.25) is 5.95 Å². The van der Waals surface area contributed by atoms with E-state index in [1.807, 2.05) is 9.80 Å². The molecule has 6 nitrogen and oxygen atoms in total. The standard InChI is InChI=1S/C16H18F2N4O2/c17-16(18)3-2-9-11(16)19-14(21-4-1-5-21)20-12(9)22-7-15(8-22)6-10(15)13(23)24/h10H,1-8H2,(H,23,24). The molecule has 128 valence electrons. The summed E-state index contributed by atoms with van der Waals surface area (Å²) < 4.78 is 28.4. The Morgan fingerprint density at radius 1 is 1.21 bits per heavy atom. The van der Waals surface area contributed by atoms with Crippen LogP contribution in [0.5, 0.6) is 0 Å². The molecule has 2 saturated heterocycles. The SMILES string of the molecule is O=C(O)C1CC12CN(c1nc(N3CCC3)nc3c1CCC3(F)F)C2. The van der Waals surface area contributed by atoms with Gasteiger partial charge in [-0.3, -0.25) is 4.79 Å². The Labute approximate surface area is 137 Å². The van der Waals surface area contributed by atoms with E-state index >= 15 is 0 Å². The number of halogens is 2. The molecule has 1 spiro atoms. The molecule has 1 atom stereocenters. The quantitative estimate of drug-likeness (QED) is 0.905. The number of hydrogen-bond acceptors (Lipinski definition) is 5. The Balaban J connectivity index is 1.48. The number of rotatable bonds is 3. The fourth-order valence-corrected chi connectivity index (χ4v) is 4.22. The van der Waals surface area contributed by atoms with Gasteiger partial charge in [-0.05, 0) is 19.3 Å². The van der Waals surface area contributed by atoms with E-state index in [4.69, 9.17) is 5.11 Å². The van der Waals surface area contributed by atoms with Crippen LogP contribution in [0.25, 0.3) is 0 Å². The van der Waals surface area contributed by atoms with Gasteiger partial charge in [0.05, 0.1) is 5.92 Å². The van der Waals surface area contributed by atoms with Crippen molar-refractivity contribution in [3.63, 3.8) is 0 Å². The molecule has 3 fully saturated rings. The highest BCUT2D eigenvalue weighted by molar-refractivity contribution is 5.76. The normalized spacial score (nSPS) is 28.3. The lowest BCUT2D eigenvalue weighted by Gasteiger charge is -2.43. The lowest BCUT2D eigenvalue weighted by molar-refractivity contribution is -0.139. The van der Waals surface area contributed by atoms with Crippen LogP contribution in [0, 0.1) is 11.3 Å². The van der Waals surface area contributed by atoms with E-state index in [2.05, 4.69) is 9.97 Å². The van der Waals surface area contributed by atoms with Crippen LogP contribution in [0.1, 0.15) is 30.5 Å². The molecule has 1 N–H and O–H groups in total. The molecule has 3 heterocycles. The van der Waals surface area contributed by atoms with Crippen LogP contribution in [-0.4, -0.2) is 47.2 Å². The molecule has 0 bridgehead atoms. The van der Waals surface area contributed by atoms with Crippen LogP contribution in [0.2, 0.25) is 0 Å². The largest absolute Gasteiger partial charge is 0.481 e. The summed E-state index contributed by atoms with van der Waals surface area (Å²) >= 11 is 0.